The van der Waals surface area contributed by atoms with Crippen molar-refractivity contribution in [2.24, 2.45) is 0 Å². The molecule has 1 rings (SSSR count). The molecule has 1 aromatic rings. The van der Waals surface area contributed by atoms with Crippen molar-refractivity contribution in [3.63, 3.8) is 0 Å². The van der Waals surface area contributed by atoms with Gasteiger partial charge in [0, 0.05) is 11.6 Å². The lowest BCUT2D eigenvalue weighted by Crippen LogP contribution is -1.98. The number of benzene rings is 1. The van der Waals surface area contributed by atoms with Crippen LogP contribution in [0.3, 0.4) is 0 Å². The highest BCUT2D eigenvalue weighted by molar-refractivity contribution is 5.87. The third kappa shape index (κ3) is 3.34. The van der Waals surface area contributed by atoms with Gasteiger partial charge in [-0.25, -0.2) is 4.79 Å². The van der Waals surface area contributed by atoms with Crippen molar-refractivity contribution in [3.05, 3.63) is 29.8 Å². The number of ether oxygens (including phenoxy) is 1. The van der Waals surface area contributed by atoms with Crippen LogP contribution in [0.5, 0.6) is 11.5 Å². The summed E-state index contributed by atoms with van der Waals surface area (Å²) < 4.78 is 4.66. The van der Waals surface area contributed by atoms with Gasteiger partial charge in [-0.05, 0) is 31.2 Å². The topological polar surface area (TPSA) is 66.8 Å². The van der Waals surface area contributed by atoms with Crippen molar-refractivity contribution >= 4 is 12.0 Å². The van der Waals surface area contributed by atoms with E-state index in [0.717, 1.165) is 0 Å². The molecule has 0 aliphatic rings. The lowest BCUT2D eigenvalue weighted by molar-refractivity contribution is -0.137. The van der Waals surface area contributed by atoms with Crippen LogP contribution < -0.4 is 0 Å². The summed E-state index contributed by atoms with van der Waals surface area (Å²) in [6, 6.07) is 4.06. The Kier molecular flexibility index (Phi) is 3.74. The van der Waals surface area contributed by atoms with Gasteiger partial charge in [0.25, 0.3) is 0 Å². The predicted octanol–water partition coefficient (Wildman–Crippen LogP) is 1.67. The van der Waals surface area contributed by atoms with Crippen LogP contribution in [0.25, 0.3) is 6.08 Å². The summed E-state index contributed by atoms with van der Waals surface area (Å²) in [7, 11) is 0. The van der Waals surface area contributed by atoms with Crippen molar-refractivity contribution < 1.29 is 19.7 Å². The van der Waals surface area contributed by atoms with Gasteiger partial charge in [-0.1, -0.05) is 0 Å². The van der Waals surface area contributed by atoms with E-state index in [4.69, 9.17) is 5.11 Å². The van der Waals surface area contributed by atoms with Crippen LogP contribution in [-0.4, -0.2) is 22.8 Å². The van der Waals surface area contributed by atoms with Gasteiger partial charge in [-0.2, -0.15) is 0 Å². The van der Waals surface area contributed by atoms with E-state index in [1.165, 1.54) is 30.4 Å². The Bertz CT molecular complexity index is 382. The standard InChI is InChI=1S/C11H12O4/c1-2-15-11(14)6-3-8-7-9(12)4-5-10(8)13/h3-7,12-13H,2H2,1H3/b6-3-. The van der Waals surface area contributed by atoms with Crippen molar-refractivity contribution in [3.8, 4) is 11.5 Å². The summed E-state index contributed by atoms with van der Waals surface area (Å²) >= 11 is 0. The number of phenols is 2. The Labute approximate surface area is 87.4 Å². The molecular weight excluding hydrogens is 196 g/mol. The third-order valence-corrected chi connectivity index (χ3v) is 1.70. The van der Waals surface area contributed by atoms with E-state index in [-0.39, 0.29) is 11.5 Å². The van der Waals surface area contributed by atoms with Crippen LogP contribution >= 0.6 is 0 Å². The highest BCUT2D eigenvalue weighted by atomic mass is 16.5. The number of rotatable bonds is 3. The Morgan fingerprint density at radius 1 is 1.47 bits per heavy atom. The summed E-state index contributed by atoms with van der Waals surface area (Å²) in [5, 5.41) is 18.5. The van der Waals surface area contributed by atoms with Gasteiger partial charge in [0.15, 0.2) is 0 Å². The van der Waals surface area contributed by atoms with Crippen LogP contribution in [0.4, 0.5) is 0 Å². The molecule has 0 aliphatic heterocycles. The molecule has 0 aliphatic carbocycles. The highest BCUT2D eigenvalue weighted by Gasteiger charge is 2.00. The molecule has 0 aromatic heterocycles. The number of phenolic OH excluding ortho intramolecular Hbond substituents is 2. The number of esters is 1. The second-order valence-electron chi connectivity index (χ2n) is 2.83. The predicted molar refractivity (Wildman–Crippen MR) is 55.4 cm³/mol. The monoisotopic (exact) mass is 208 g/mol. The maximum absolute atomic E-state index is 11.0. The minimum absolute atomic E-state index is 0.00616. The van der Waals surface area contributed by atoms with Gasteiger partial charge in [0.2, 0.25) is 0 Å². The van der Waals surface area contributed by atoms with Crippen LogP contribution in [0.15, 0.2) is 24.3 Å². The van der Waals surface area contributed by atoms with E-state index in [0.29, 0.717) is 12.2 Å². The summed E-state index contributed by atoms with van der Waals surface area (Å²) in [5.74, 6) is -0.468. The largest absolute Gasteiger partial charge is 0.508 e. The smallest absolute Gasteiger partial charge is 0.330 e. The van der Waals surface area contributed by atoms with Gasteiger partial charge in [-0.15, -0.1) is 0 Å². The van der Waals surface area contributed by atoms with Crippen molar-refractivity contribution in [1.82, 2.24) is 0 Å². The Balaban J connectivity index is 2.79. The average Bonchev–Trinajstić information content (AvgIpc) is 2.20. The first kappa shape index (κ1) is 11.1. The molecule has 0 amide bonds. The maximum Gasteiger partial charge on any atom is 0.330 e. The second kappa shape index (κ2) is 5.05. The highest BCUT2D eigenvalue weighted by Crippen LogP contribution is 2.23. The van der Waals surface area contributed by atoms with Gasteiger partial charge in [0.1, 0.15) is 11.5 Å². The molecule has 0 atom stereocenters. The molecule has 1 aromatic carbocycles. The van der Waals surface area contributed by atoms with Crippen LogP contribution in [0.1, 0.15) is 12.5 Å². The summed E-state index contributed by atoms with van der Waals surface area (Å²) in [5.41, 5.74) is 0.364. The van der Waals surface area contributed by atoms with Gasteiger partial charge >= 0.3 is 5.97 Å². The van der Waals surface area contributed by atoms with Crippen molar-refractivity contribution in [2.75, 3.05) is 6.61 Å². The average molecular weight is 208 g/mol. The normalized spacial score (nSPS) is 10.5. The Morgan fingerprint density at radius 2 is 2.20 bits per heavy atom. The fourth-order valence-corrected chi connectivity index (χ4v) is 1.02. The van der Waals surface area contributed by atoms with E-state index in [1.54, 1.807) is 6.92 Å². The van der Waals surface area contributed by atoms with E-state index in [2.05, 4.69) is 4.74 Å². The molecule has 0 radical (unpaired) electrons. The maximum atomic E-state index is 11.0. The minimum atomic E-state index is -0.486. The van der Waals surface area contributed by atoms with E-state index in [9.17, 15) is 9.90 Å². The zero-order valence-corrected chi connectivity index (χ0v) is 8.30. The van der Waals surface area contributed by atoms with Crippen LogP contribution in [0.2, 0.25) is 0 Å². The molecular formula is C11H12O4. The number of hydrogen-bond donors (Lipinski definition) is 2. The third-order valence-electron chi connectivity index (χ3n) is 1.70. The van der Waals surface area contributed by atoms with E-state index in [1.807, 2.05) is 0 Å². The number of hydrogen-bond acceptors (Lipinski definition) is 4. The molecule has 80 valence electrons. The molecule has 0 saturated heterocycles. The first-order valence-electron chi connectivity index (χ1n) is 4.50. The van der Waals surface area contributed by atoms with E-state index >= 15 is 0 Å². The number of carbonyl (C=O) groups is 1. The van der Waals surface area contributed by atoms with E-state index < -0.39 is 5.97 Å². The zero-order valence-electron chi connectivity index (χ0n) is 8.30. The Morgan fingerprint density at radius 3 is 2.87 bits per heavy atom. The molecule has 0 fully saturated rings. The first-order valence-corrected chi connectivity index (χ1v) is 4.50. The summed E-state index contributed by atoms with van der Waals surface area (Å²) in [4.78, 5) is 11.0. The summed E-state index contributed by atoms with van der Waals surface area (Å²) in [6.45, 7) is 2.01. The second-order valence-corrected chi connectivity index (χ2v) is 2.83. The number of carbonyl (C=O) groups excluding carboxylic acids is 1. The Hall–Kier alpha value is -1.97. The SMILES string of the molecule is CCOC(=O)/C=C\c1cc(O)ccc1O. The zero-order chi connectivity index (χ0) is 11.3. The van der Waals surface area contributed by atoms with Crippen LogP contribution in [0, 0.1) is 0 Å². The molecule has 2 N–H and O–H groups in total. The van der Waals surface area contributed by atoms with Gasteiger partial charge < -0.3 is 14.9 Å². The fourth-order valence-electron chi connectivity index (χ4n) is 1.02. The molecule has 4 heteroatoms. The minimum Gasteiger partial charge on any atom is -0.508 e. The van der Waals surface area contributed by atoms with Crippen molar-refractivity contribution in [2.45, 2.75) is 6.92 Å². The lowest BCUT2D eigenvalue weighted by atomic mass is 10.2. The quantitative estimate of drug-likeness (QED) is 0.450. The number of aromatic hydroxyl groups is 2. The molecule has 0 heterocycles. The molecule has 4 nitrogen and oxygen atoms in total. The van der Waals surface area contributed by atoms with Gasteiger partial charge in [0.05, 0.1) is 6.61 Å². The molecule has 15 heavy (non-hydrogen) atoms. The van der Waals surface area contributed by atoms with Crippen LogP contribution in [-0.2, 0) is 9.53 Å². The lowest BCUT2D eigenvalue weighted by Gasteiger charge is -1.99. The molecule has 0 saturated carbocycles. The fraction of sp³-hybridized carbons (Fsp3) is 0.182. The van der Waals surface area contributed by atoms with Crippen molar-refractivity contribution in [1.29, 1.82) is 0 Å². The molecule has 0 spiro atoms. The first-order chi connectivity index (χ1) is 7.13. The summed E-state index contributed by atoms with van der Waals surface area (Å²) in [6.07, 6.45) is 2.57. The molecule has 0 bridgehead atoms. The van der Waals surface area contributed by atoms with Gasteiger partial charge in [-0.3, -0.25) is 0 Å². The molecule has 0 unspecified atom stereocenters.